The second-order valence-electron chi connectivity index (χ2n) is 7.49. The molecule has 0 atom stereocenters. The van der Waals surface area contributed by atoms with Crippen molar-refractivity contribution in [3.8, 4) is 17.2 Å². The topological polar surface area (TPSA) is 77.1 Å². The number of ether oxygens (including phenoxy) is 3. The van der Waals surface area contributed by atoms with Crippen molar-refractivity contribution in [2.24, 2.45) is 0 Å². The average molecular weight is 479 g/mol. The molecule has 3 aromatic carbocycles. The molecule has 0 spiro atoms. The van der Waals surface area contributed by atoms with E-state index >= 15 is 0 Å². The molecule has 0 radical (unpaired) electrons. The molecule has 4 rings (SSSR count). The minimum absolute atomic E-state index is 0.0335. The number of para-hydroxylation sites is 1. The molecule has 174 valence electrons. The van der Waals surface area contributed by atoms with Crippen molar-refractivity contribution in [3.05, 3.63) is 88.5 Å². The summed E-state index contributed by atoms with van der Waals surface area (Å²) in [6.45, 7) is 2.54. The van der Waals surface area contributed by atoms with E-state index in [1.54, 1.807) is 54.6 Å². The summed E-state index contributed by atoms with van der Waals surface area (Å²) in [4.78, 5) is 25.2. The van der Waals surface area contributed by atoms with Gasteiger partial charge in [0.2, 0.25) is 0 Å². The van der Waals surface area contributed by atoms with Crippen molar-refractivity contribution in [2.75, 3.05) is 25.3 Å². The number of rotatable bonds is 8. The zero-order chi connectivity index (χ0) is 24.1. The predicted molar refractivity (Wildman–Crippen MR) is 130 cm³/mol. The summed E-state index contributed by atoms with van der Waals surface area (Å²) in [5, 5.41) is 1.92. The van der Waals surface area contributed by atoms with Crippen LogP contribution in [0.5, 0.6) is 17.2 Å². The SMILES string of the molecule is COc1cc(/C=C2\C(=O)NN(c3ccccc3)C2=O)ccc1OCCOc1ccc(Cl)c(C)c1. The Morgan fingerprint density at radius 3 is 2.44 bits per heavy atom. The lowest BCUT2D eigenvalue weighted by atomic mass is 10.1. The lowest BCUT2D eigenvalue weighted by Gasteiger charge is -2.14. The number of methoxy groups -OCH3 is 1. The van der Waals surface area contributed by atoms with Gasteiger partial charge in [0, 0.05) is 5.02 Å². The molecule has 7 nitrogen and oxygen atoms in total. The third kappa shape index (κ3) is 5.15. The van der Waals surface area contributed by atoms with Gasteiger partial charge in [-0.3, -0.25) is 15.0 Å². The molecule has 34 heavy (non-hydrogen) atoms. The first-order valence-electron chi connectivity index (χ1n) is 10.6. The number of halogens is 1. The number of amides is 2. The van der Waals surface area contributed by atoms with Gasteiger partial charge in [0.15, 0.2) is 11.5 Å². The number of carbonyl (C=O) groups is 2. The molecular weight excluding hydrogens is 456 g/mol. The van der Waals surface area contributed by atoms with Crippen LogP contribution in [-0.4, -0.2) is 32.1 Å². The monoisotopic (exact) mass is 478 g/mol. The summed E-state index contributed by atoms with van der Waals surface area (Å²) in [6, 6.07) is 19.6. The number of aryl methyl sites for hydroxylation is 1. The first kappa shape index (κ1) is 23.2. The Bertz CT molecular complexity index is 1240. The highest BCUT2D eigenvalue weighted by molar-refractivity contribution is 6.32. The number of hydrogen-bond acceptors (Lipinski definition) is 5. The molecule has 1 N–H and O–H groups in total. The molecule has 8 heteroatoms. The Balaban J connectivity index is 1.41. The maximum Gasteiger partial charge on any atom is 0.282 e. The maximum atomic E-state index is 12.8. The van der Waals surface area contributed by atoms with Crippen LogP contribution in [0.4, 0.5) is 5.69 Å². The summed E-state index contributed by atoms with van der Waals surface area (Å²) in [5.74, 6) is 0.812. The van der Waals surface area contributed by atoms with E-state index in [2.05, 4.69) is 5.43 Å². The highest BCUT2D eigenvalue weighted by Gasteiger charge is 2.34. The first-order chi connectivity index (χ1) is 16.5. The van der Waals surface area contributed by atoms with Gasteiger partial charge in [-0.2, -0.15) is 0 Å². The Hall–Kier alpha value is -3.97. The molecular formula is C26H23ClN2O5. The lowest BCUT2D eigenvalue weighted by molar-refractivity contribution is -0.117. The zero-order valence-electron chi connectivity index (χ0n) is 18.7. The van der Waals surface area contributed by atoms with Crippen molar-refractivity contribution >= 4 is 35.2 Å². The fourth-order valence-electron chi connectivity index (χ4n) is 3.39. The number of hydrogen-bond donors (Lipinski definition) is 1. The summed E-state index contributed by atoms with van der Waals surface area (Å²) >= 11 is 6.03. The van der Waals surface area contributed by atoms with Crippen molar-refractivity contribution in [1.82, 2.24) is 5.43 Å². The van der Waals surface area contributed by atoms with Crippen LogP contribution < -0.4 is 24.6 Å². The van der Waals surface area contributed by atoms with Crippen molar-refractivity contribution in [3.63, 3.8) is 0 Å². The van der Waals surface area contributed by atoms with Crippen LogP contribution in [0.2, 0.25) is 5.02 Å². The van der Waals surface area contributed by atoms with Gasteiger partial charge in [-0.1, -0.05) is 35.9 Å². The van der Waals surface area contributed by atoms with Gasteiger partial charge in [0.1, 0.15) is 24.5 Å². The lowest BCUT2D eigenvalue weighted by Crippen LogP contribution is -2.35. The summed E-state index contributed by atoms with van der Waals surface area (Å²) in [5.41, 5.74) is 4.77. The molecule has 0 aliphatic carbocycles. The Labute approximate surface area is 202 Å². The highest BCUT2D eigenvalue weighted by Crippen LogP contribution is 2.30. The second kappa shape index (κ2) is 10.3. The first-order valence-corrected chi connectivity index (χ1v) is 11.0. The van der Waals surface area contributed by atoms with Crippen LogP contribution in [0, 0.1) is 6.92 Å². The second-order valence-corrected chi connectivity index (χ2v) is 7.90. The van der Waals surface area contributed by atoms with Crippen LogP contribution in [0.3, 0.4) is 0 Å². The van der Waals surface area contributed by atoms with Crippen LogP contribution in [0.1, 0.15) is 11.1 Å². The fourth-order valence-corrected chi connectivity index (χ4v) is 3.51. The molecule has 3 aromatic rings. The molecule has 0 saturated carbocycles. The minimum atomic E-state index is -0.470. The van der Waals surface area contributed by atoms with Gasteiger partial charge in [0.25, 0.3) is 11.8 Å². The van der Waals surface area contributed by atoms with E-state index < -0.39 is 11.8 Å². The molecule has 1 saturated heterocycles. The van der Waals surface area contributed by atoms with E-state index in [9.17, 15) is 9.59 Å². The third-order valence-electron chi connectivity index (χ3n) is 5.14. The molecule has 0 aromatic heterocycles. The summed E-state index contributed by atoms with van der Waals surface area (Å²) in [6.07, 6.45) is 1.53. The molecule has 2 amide bonds. The smallest absolute Gasteiger partial charge is 0.282 e. The van der Waals surface area contributed by atoms with Gasteiger partial charge in [-0.25, -0.2) is 5.01 Å². The number of hydrazine groups is 1. The van der Waals surface area contributed by atoms with Gasteiger partial charge < -0.3 is 14.2 Å². The van der Waals surface area contributed by atoms with Crippen LogP contribution >= 0.6 is 11.6 Å². The number of anilines is 1. The van der Waals surface area contributed by atoms with E-state index in [4.69, 9.17) is 25.8 Å². The molecule has 1 heterocycles. The number of carbonyl (C=O) groups excluding carboxylic acids is 2. The minimum Gasteiger partial charge on any atom is -0.493 e. The molecule has 1 aliphatic rings. The van der Waals surface area contributed by atoms with Gasteiger partial charge in [0.05, 0.1) is 12.8 Å². The van der Waals surface area contributed by atoms with E-state index in [1.807, 2.05) is 19.1 Å². The van der Waals surface area contributed by atoms with Crippen molar-refractivity contribution in [1.29, 1.82) is 0 Å². The number of nitrogens with one attached hydrogen (secondary N) is 1. The zero-order valence-corrected chi connectivity index (χ0v) is 19.5. The van der Waals surface area contributed by atoms with E-state index in [1.165, 1.54) is 18.2 Å². The standard InChI is InChI=1S/C26H23ClN2O5/c1-17-14-20(9-10-22(17)27)33-12-13-34-23-11-8-18(16-24(23)32-2)15-21-25(30)28-29(26(21)31)19-6-4-3-5-7-19/h3-11,14-16H,12-13H2,1-2H3,(H,28,30)/b21-15+. The maximum absolute atomic E-state index is 12.8. The normalized spacial score (nSPS) is 14.3. The van der Waals surface area contributed by atoms with Gasteiger partial charge >= 0.3 is 0 Å². The van der Waals surface area contributed by atoms with Gasteiger partial charge in [-0.15, -0.1) is 0 Å². The number of nitrogens with zero attached hydrogens (tertiary/aromatic N) is 1. The Morgan fingerprint density at radius 2 is 1.71 bits per heavy atom. The van der Waals surface area contributed by atoms with Crippen LogP contribution in [0.15, 0.2) is 72.3 Å². The van der Waals surface area contributed by atoms with E-state index in [0.717, 1.165) is 5.56 Å². The molecule has 1 fully saturated rings. The summed E-state index contributed by atoms with van der Waals surface area (Å²) < 4.78 is 16.9. The van der Waals surface area contributed by atoms with E-state index in [-0.39, 0.29) is 5.57 Å². The highest BCUT2D eigenvalue weighted by atomic mass is 35.5. The van der Waals surface area contributed by atoms with Crippen molar-refractivity contribution in [2.45, 2.75) is 6.92 Å². The van der Waals surface area contributed by atoms with Crippen LogP contribution in [-0.2, 0) is 9.59 Å². The molecule has 1 aliphatic heterocycles. The predicted octanol–water partition coefficient (Wildman–Crippen LogP) is 4.58. The largest absolute Gasteiger partial charge is 0.493 e. The van der Waals surface area contributed by atoms with Gasteiger partial charge in [-0.05, 0) is 66.6 Å². The molecule has 0 bridgehead atoms. The average Bonchev–Trinajstić information content (AvgIpc) is 3.13. The Morgan fingerprint density at radius 1 is 0.941 bits per heavy atom. The fraction of sp³-hybridized carbons (Fsp3) is 0.154. The third-order valence-corrected chi connectivity index (χ3v) is 5.57. The summed E-state index contributed by atoms with van der Waals surface area (Å²) in [7, 11) is 1.52. The van der Waals surface area contributed by atoms with Crippen molar-refractivity contribution < 1.29 is 23.8 Å². The van der Waals surface area contributed by atoms with E-state index in [0.29, 0.717) is 46.7 Å². The Kier molecular flexibility index (Phi) is 7.04. The quantitative estimate of drug-likeness (QED) is 0.291. The number of benzene rings is 3. The molecule has 0 unspecified atom stereocenters. The van der Waals surface area contributed by atoms with Crippen LogP contribution in [0.25, 0.3) is 6.08 Å².